The summed E-state index contributed by atoms with van der Waals surface area (Å²) in [6.07, 6.45) is -0.527. The van der Waals surface area contributed by atoms with Crippen molar-refractivity contribution in [3.63, 3.8) is 0 Å². The number of hydrogen-bond acceptors (Lipinski definition) is 4. The molecule has 0 aliphatic rings. The van der Waals surface area contributed by atoms with Gasteiger partial charge in [0.1, 0.15) is 0 Å². The number of carbonyl (C=O) groups excluding carboxylic acids is 1. The van der Waals surface area contributed by atoms with Crippen LogP contribution in [0.4, 0.5) is 0 Å². The number of hydrogen-bond donors (Lipinski definition) is 2. The maximum Gasteiger partial charge on any atom is 0.335 e. The van der Waals surface area contributed by atoms with Crippen LogP contribution >= 0.6 is 0 Å². The van der Waals surface area contributed by atoms with Crippen molar-refractivity contribution < 1.29 is 19.5 Å². The molecule has 0 fully saturated rings. The highest BCUT2D eigenvalue weighted by atomic mass is 16.7. The quantitative estimate of drug-likeness (QED) is 0.339. The number of benzene rings is 1. The molecule has 3 N–H and O–H groups in total. The van der Waals surface area contributed by atoms with Crippen LogP contribution in [0.5, 0.6) is 0 Å². The molecule has 17 heavy (non-hydrogen) atoms. The summed E-state index contributed by atoms with van der Waals surface area (Å²) in [5, 5.41) is 11.8. The van der Waals surface area contributed by atoms with Crippen molar-refractivity contribution in [3.8, 4) is 0 Å². The number of oxime groups is 1. The van der Waals surface area contributed by atoms with Crippen molar-refractivity contribution in [2.75, 3.05) is 0 Å². The molecule has 0 saturated carbocycles. The molecule has 0 unspecified atom stereocenters. The molecular weight excluding hydrogens is 224 g/mol. The molecule has 0 spiro atoms. The van der Waals surface area contributed by atoms with E-state index in [2.05, 4.69) is 9.99 Å². The summed E-state index contributed by atoms with van der Waals surface area (Å²) in [4.78, 5) is 25.7. The van der Waals surface area contributed by atoms with Crippen LogP contribution < -0.4 is 5.73 Å². The first-order chi connectivity index (χ1) is 8.09. The normalized spacial score (nSPS) is 10.9. The molecule has 6 heteroatoms. The molecule has 1 aromatic carbocycles. The second kappa shape index (κ2) is 6.26. The molecule has 0 aliphatic carbocycles. The minimum Gasteiger partial charge on any atom is -0.481 e. The number of carbonyl (C=O) groups is 2. The first kappa shape index (κ1) is 12.7. The summed E-state index contributed by atoms with van der Waals surface area (Å²) in [6.45, 7) is 0. The van der Waals surface area contributed by atoms with E-state index in [1.54, 1.807) is 24.3 Å². The Kier molecular flexibility index (Phi) is 4.68. The fourth-order valence-corrected chi connectivity index (χ4v) is 1.02. The first-order valence-corrected chi connectivity index (χ1v) is 4.90. The number of aliphatic carboxylic acids is 1. The van der Waals surface area contributed by atoms with Gasteiger partial charge in [0.05, 0.1) is 12.8 Å². The molecule has 0 saturated heterocycles. The van der Waals surface area contributed by atoms with Gasteiger partial charge >= 0.3 is 11.9 Å². The van der Waals surface area contributed by atoms with Gasteiger partial charge in [-0.2, -0.15) is 0 Å². The summed E-state index contributed by atoms with van der Waals surface area (Å²) in [5.41, 5.74) is 6.18. The van der Waals surface area contributed by atoms with E-state index in [9.17, 15) is 9.59 Å². The highest BCUT2D eigenvalue weighted by Gasteiger charge is 2.07. The molecule has 90 valence electrons. The van der Waals surface area contributed by atoms with Gasteiger partial charge in [0.25, 0.3) is 0 Å². The minimum atomic E-state index is -1.07. The Hall–Kier alpha value is -2.37. The average Bonchev–Trinajstić information content (AvgIpc) is 2.34. The maximum absolute atomic E-state index is 11.0. The van der Waals surface area contributed by atoms with Crippen LogP contribution in [0.2, 0.25) is 0 Å². The SMILES string of the molecule is N/C(=N\OC(=O)CCC(=O)O)c1ccccc1. The Morgan fingerprint density at radius 2 is 1.88 bits per heavy atom. The van der Waals surface area contributed by atoms with Crippen LogP contribution in [0.1, 0.15) is 18.4 Å². The summed E-state index contributed by atoms with van der Waals surface area (Å²) >= 11 is 0. The third kappa shape index (κ3) is 4.78. The van der Waals surface area contributed by atoms with E-state index in [1.165, 1.54) is 0 Å². The second-order valence-corrected chi connectivity index (χ2v) is 3.20. The number of rotatable bonds is 5. The molecule has 0 heterocycles. The smallest absolute Gasteiger partial charge is 0.335 e. The number of carboxylic acids is 1. The van der Waals surface area contributed by atoms with Gasteiger partial charge in [-0.3, -0.25) is 4.79 Å². The maximum atomic E-state index is 11.0. The highest BCUT2D eigenvalue weighted by molar-refractivity contribution is 5.97. The minimum absolute atomic E-state index is 0.0641. The first-order valence-electron chi connectivity index (χ1n) is 4.90. The van der Waals surface area contributed by atoms with E-state index in [-0.39, 0.29) is 18.7 Å². The summed E-state index contributed by atoms with van der Waals surface area (Å²) in [7, 11) is 0. The molecule has 0 aliphatic heterocycles. The van der Waals surface area contributed by atoms with Crippen LogP contribution in [-0.2, 0) is 14.4 Å². The van der Waals surface area contributed by atoms with E-state index in [0.29, 0.717) is 5.56 Å². The molecule has 1 rings (SSSR count). The fraction of sp³-hybridized carbons (Fsp3) is 0.182. The number of amidine groups is 1. The molecule has 0 aromatic heterocycles. The predicted octanol–water partition coefficient (Wildman–Crippen LogP) is 0.715. The topological polar surface area (TPSA) is 102 Å². The lowest BCUT2D eigenvalue weighted by Crippen LogP contribution is -2.15. The molecular formula is C11H12N2O4. The summed E-state index contributed by atoms with van der Waals surface area (Å²) in [5.74, 6) is -1.73. The Morgan fingerprint density at radius 3 is 2.47 bits per heavy atom. The van der Waals surface area contributed by atoms with E-state index in [4.69, 9.17) is 10.8 Å². The Balaban J connectivity index is 2.48. The molecule has 0 bridgehead atoms. The monoisotopic (exact) mass is 236 g/mol. The number of carboxylic acid groups (broad SMARTS) is 1. The second-order valence-electron chi connectivity index (χ2n) is 3.20. The zero-order chi connectivity index (χ0) is 12.7. The van der Waals surface area contributed by atoms with E-state index >= 15 is 0 Å². The number of nitrogens with zero attached hydrogens (tertiary/aromatic N) is 1. The van der Waals surface area contributed by atoms with Gasteiger partial charge in [-0.25, -0.2) is 4.79 Å². The van der Waals surface area contributed by atoms with Crippen LogP contribution in [0.25, 0.3) is 0 Å². The van der Waals surface area contributed by atoms with Crippen molar-refractivity contribution in [2.45, 2.75) is 12.8 Å². The molecule has 0 atom stereocenters. The molecule has 0 amide bonds. The Labute approximate surface area is 97.7 Å². The van der Waals surface area contributed by atoms with Gasteiger partial charge in [0, 0.05) is 5.56 Å². The van der Waals surface area contributed by atoms with E-state index < -0.39 is 11.9 Å². The molecule has 6 nitrogen and oxygen atoms in total. The van der Waals surface area contributed by atoms with Gasteiger partial charge in [0.2, 0.25) is 0 Å². The third-order valence-corrected chi connectivity index (χ3v) is 1.86. The zero-order valence-electron chi connectivity index (χ0n) is 9.00. The van der Waals surface area contributed by atoms with Crippen LogP contribution in [0.3, 0.4) is 0 Å². The Bertz CT molecular complexity index is 428. The Morgan fingerprint density at radius 1 is 1.24 bits per heavy atom. The van der Waals surface area contributed by atoms with Gasteiger partial charge in [-0.15, -0.1) is 0 Å². The fourth-order valence-electron chi connectivity index (χ4n) is 1.02. The lowest BCUT2D eigenvalue weighted by Gasteiger charge is -1.99. The van der Waals surface area contributed by atoms with Crippen molar-refractivity contribution in [2.24, 2.45) is 10.9 Å². The van der Waals surface area contributed by atoms with Crippen LogP contribution in [0.15, 0.2) is 35.5 Å². The number of nitrogens with two attached hydrogens (primary N) is 1. The highest BCUT2D eigenvalue weighted by Crippen LogP contribution is 1.99. The van der Waals surface area contributed by atoms with Gasteiger partial charge in [0.15, 0.2) is 5.84 Å². The standard InChI is InChI=1S/C11H12N2O4/c12-11(8-4-2-1-3-5-8)13-17-10(16)7-6-9(14)15/h1-5H,6-7H2,(H2,12,13)(H,14,15). The van der Waals surface area contributed by atoms with E-state index in [1.807, 2.05) is 6.07 Å². The van der Waals surface area contributed by atoms with E-state index in [0.717, 1.165) is 0 Å². The molecule has 0 radical (unpaired) electrons. The van der Waals surface area contributed by atoms with Gasteiger partial charge in [-0.1, -0.05) is 35.5 Å². The van der Waals surface area contributed by atoms with Crippen molar-refractivity contribution in [3.05, 3.63) is 35.9 Å². The predicted molar refractivity (Wildman–Crippen MR) is 60.1 cm³/mol. The lowest BCUT2D eigenvalue weighted by molar-refractivity contribution is -0.147. The largest absolute Gasteiger partial charge is 0.481 e. The van der Waals surface area contributed by atoms with Crippen molar-refractivity contribution >= 4 is 17.8 Å². The summed E-state index contributed by atoms with van der Waals surface area (Å²) < 4.78 is 0. The zero-order valence-corrected chi connectivity index (χ0v) is 9.00. The average molecular weight is 236 g/mol. The third-order valence-electron chi connectivity index (χ3n) is 1.86. The van der Waals surface area contributed by atoms with Gasteiger partial charge in [-0.05, 0) is 0 Å². The van der Waals surface area contributed by atoms with Gasteiger partial charge < -0.3 is 15.7 Å². The van der Waals surface area contributed by atoms with Crippen LogP contribution in [-0.4, -0.2) is 22.9 Å². The lowest BCUT2D eigenvalue weighted by atomic mass is 10.2. The van der Waals surface area contributed by atoms with Crippen LogP contribution in [0, 0.1) is 0 Å². The summed E-state index contributed by atoms with van der Waals surface area (Å²) in [6, 6.07) is 8.78. The molecule has 1 aromatic rings. The van der Waals surface area contributed by atoms with Crippen molar-refractivity contribution in [1.82, 2.24) is 0 Å². The van der Waals surface area contributed by atoms with Crippen molar-refractivity contribution in [1.29, 1.82) is 0 Å².